The Hall–Kier alpha value is -1.35. The van der Waals surface area contributed by atoms with Gasteiger partial charge >= 0.3 is 0 Å². The van der Waals surface area contributed by atoms with E-state index in [2.05, 4.69) is 40.3 Å². The number of hydrogen-bond donors (Lipinski definition) is 1. The highest BCUT2D eigenvalue weighted by Crippen LogP contribution is 2.24. The molecular weight excluding hydrogens is 455 g/mol. The van der Waals surface area contributed by atoms with Gasteiger partial charge in [0.25, 0.3) is 0 Å². The van der Waals surface area contributed by atoms with E-state index in [1.54, 1.807) is 7.05 Å². The third-order valence-corrected chi connectivity index (χ3v) is 5.22. The van der Waals surface area contributed by atoms with Crippen LogP contribution in [-0.2, 0) is 9.53 Å². The number of halogens is 1. The van der Waals surface area contributed by atoms with Gasteiger partial charge < -0.3 is 19.9 Å². The first kappa shape index (κ1) is 21.9. The van der Waals surface area contributed by atoms with E-state index in [4.69, 9.17) is 4.74 Å². The second kappa shape index (κ2) is 10.8. The number of amides is 1. The molecule has 1 atom stereocenters. The van der Waals surface area contributed by atoms with E-state index in [0.717, 1.165) is 45.0 Å². The highest BCUT2D eigenvalue weighted by atomic mass is 127. The van der Waals surface area contributed by atoms with Crippen molar-refractivity contribution in [3.63, 3.8) is 0 Å². The van der Waals surface area contributed by atoms with Gasteiger partial charge in [0, 0.05) is 26.7 Å². The first-order chi connectivity index (χ1) is 12.7. The van der Waals surface area contributed by atoms with Crippen molar-refractivity contribution in [3.05, 3.63) is 35.4 Å². The number of ether oxygens (including phenoxy) is 1. The number of aryl methyl sites for hydroxylation is 1. The summed E-state index contributed by atoms with van der Waals surface area (Å²) in [7, 11) is 1.77. The molecule has 2 fully saturated rings. The summed E-state index contributed by atoms with van der Waals surface area (Å²) in [4.78, 5) is 20.9. The Morgan fingerprint density at radius 3 is 2.63 bits per heavy atom. The first-order valence-corrected chi connectivity index (χ1v) is 9.59. The molecule has 0 spiro atoms. The van der Waals surface area contributed by atoms with Crippen molar-refractivity contribution in [1.29, 1.82) is 0 Å². The Morgan fingerprint density at radius 2 is 1.93 bits per heavy atom. The molecule has 1 N–H and O–H groups in total. The maximum absolute atomic E-state index is 12.4. The lowest BCUT2D eigenvalue weighted by molar-refractivity contribution is -0.130. The van der Waals surface area contributed by atoms with Gasteiger partial charge in [-0.3, -0.25) is 9.79 Å². The van der Waals surface area contributed by atoms with Gasteiger partial charge in [0.1, 0.15) is 6.10 Å². The maximum Gasteiger partial charge on any atom is 0.241 e. The van der Waals surface area contributed by atoms with Crippen LogP contribution in [0.15, 0.2) is 29.3 Å². The highest BCUT2D eigenvalue weighted by molar-refractivity contribution is 14.0. The third-order valence-electron chi connectivity index (χ3n) is 5.22. The fourth-order valence-corrected chi connectivity index (χ4v) is 3.72. The number of carbonyl (C=O) groups excluding carboxylic acids is 1. The van der Waals surface area contributed by atoms with Crippen LogP contribution in [0.3, 0.4) is 0 Å². The molecule has 1 unspecified atom stereocenters. The van der Waals surface area contributed by atoms with Crippen LogP contribution in [0.25, 0.3) is 0 Å². The van der Waals surface area contributed by atoms with Crippen LogP contribution < -0.4 is 5.32 Å². The predicted octanol–water partition coefficient (Wildman–Crippen LogP) is 2.57. The minimum atomic E-state index is 0. The molecule has 2 aliphatic rings. The number of morpholine rings is 1. The van der Waals surface area contributed by atoms with E-state index in [1.807, 2.05) is 11.0 Å². The van der Waals surface area contributed by atoms with Gasteiger partial charge in [-0.1, -0.05) is 24.3 Å². The average molecular weight is 486 g/mol. The van der Waals surface area contributed by atoms with Crippen molar-refractivity contribution in [3.8, 4) is 0 Å². The van der Waals surface area contributed by atoms with Gasteiger partial charge in [0.05, 0.1) is 19.7 Å². The number of guanidine groups is 1. The van der Waals surface area contributed by atoms with Gasteiger partial charge in [0.2, 0.25) is 5.91 Å². The molecule has 0 aliphatic carbocycles. The standard InChI is InChI=1S/C20H30N4O2.HI/c1-16-8-4-5-9-17(16)18-15-24(12-13-26-18)20(21-2)22-14-19(25)23-10-6-3-7-11-23;/h4-5,8-9,18H,3,6-7,10-15H2,1-2H3,(H,21,22);1H. The zero-order valence-corrected chi connectivity index (χ0v) is 18.6. The molecule has 27 heavy (non-hydrogen) atoms. The number of likely N-dealkylation sites (tertiary alicyclic amines) is 1. The quantitative estimate of drug-likeness (QED) is 0.406. The lowest BCUT2D eigenvalue weighted by Crippen LogP contribution is -2.51. The summed E-state index contributed by atoms with van der Waals surface area (Å²) in [6.45, 7) is 6.35. The molecule has 3 rings (SSSR count). The Bertz CT molecular complexity index is 647. The molecule has 0 bridgehead atoms. The monoisotopic (exact) mass is 486 g/mol. The van der Waals surface area contributed by atoms with Gasteiger partial charge in [-0.25, -0.2) is 0 Å². The maximum atomic E-state index is 12.4. The van der Waals surface area contributed by atoms with E-state index >= 15 is 0 Å². The number of carbonyl (C=O) groups is 1. The van der Waals surface area contributed by atoms with E-state index in [9.17, 15) is 4.79 Å². The second-order valence-electron chi connectivity index (χ2n) is 7.00. The van der Waals surface area contributed by atoms with Gasteiger partial charge in [0.15, 0.2) is 5.96 Å². The Balaban J connectivity index is 0.00000261. The smallest absolute Gasteiger partial charge is 0.241 e. The highest BCUT2D eigenvalue weighted by Gasteiger charge is 2.25. The van der Waals surface area contributed by atoms with Crippen LogP contribution in [-0.4, -0.2) is 68.0 Å². The van der Waals surface area contributed by atoms with Crippen LogP contribution >= 0.6 is 24.0 Å². The fraction of sp³-hybridized carbons (Fsp3) is 0.600. The average Bonchev–Trinajstić information content (AvgIpc) is 2.69. The SMILES string of the molecule is CN=C(NCC(=O)N1CCCCC1)N1CCOC(c2ccccc2C)C1.I. The lowest BCUT2D eigenvalue weighted by Gasteiger charge is -2.36. The molecule has 0 aromatic heterocycles. The molecule has 150 valence electrons. The Labute approximate surface area is 179 Å². The number of benzene rings is 1. The molecule has 2 heterocycles. The number of hydrogen-bond acceptors (Lipinski definition) is 3. The largest absolute Gasteiger partial charge is 0.370 e. The van der Waals surface area contributed by atoms with Crippen molar-refractivity contribution in [2.24, 2.45) is 4.99 Å². The number of nitrogens with one attached hydrogen (secondary N) is 1. The van der Waals surface area contributed by atoms with Crippen molar-refractivity contribution >= 4 is 35.8 Å². The van der Waals surface area contributed by atoms with Gasteiger partial charge in [-0.2, -0.15) is 0 Å². The minimum absolute atomic E-state index is 0. The summed E-state index contributed by atoms with van der Waals surface area (Å²) in [6.07, 6.45) is 3.48. The second-order valence-corrected chi connectivity index (χ2v) is 7.00. The number of aliphatic imine (C=N–C) groups is 1. The molecule has 1 aromatic carbocycles. The number of rotatable bonds is 3. The topological polar surface area (TPSA) is 57.2 Å². The molecular formula is C20H31IN4O2. The molecule has 2 aliphatic heterocycles. The van der Waals surface area contributed by atoms with Crippen molar-refractivity contribution < 1.29 is 9.53 Å². The van der Waals surface area contributed by atoms with Crippen molar-refractivity contribution in [2.75, 3.05) is 46.4 Å². The zero-order chi connectivity index (χ0) is 18.4. The van der Waals surface area contributed by atoms with Crippen LogP contribution in [0.1, 0.15) is 36.5 Å². The summed E-state index contributed by atoms with van der Waals surface area (Å²) < 4.78 is 5.99. The molecule has 2 saturated heterocycles. The molecule has 1 aromatic rings. The van der Waals surface area contributed by atoms with E-state index in [1.165, 1.54) is 17.5 Å². The van der Waals surface area contributed by atoms with Crippen LogP contribution in [0.5, 0.6) is 0 Å². The number of piperidine rings is 1. The first-order valence-electron chi connectivity index (χ1n) is 9.59. The van der Waals surface area contributed by atoms with Crippen LogP contribution in [0.4, 0.5) is 0 Å². The zero-order valence-electron chi connectivity index (χ0n) is 16.3. The molecule has 1 amide bonds. The summed E-state index contributed by atoms with van der Waals surface area (Å²) in [6, 6.07) is 8.34. The van der Waals surface area contributed by atoms with E-state index in [0.29, 0.717) is 13.2 Å². The predicted molar refractivity (Wildman–Crippen MR) is 119 cm³/mol. The lowest BCUT2D eigenvalue weighted by atomic mass is 10.0. The Morgan fingerprint density at radius 1 is 1.19 bits per heavy atom. The summed E-state index contributed by atoms with van der Waals surface area (Å²) in [5, 5.41) is 3.25. The summed E-state index contributed by atoms with van der Waals surface area (Å²) in [5.74, 6) is 0.937. The fourth-order valence-electron chi connectivity index (χ4n) is 3.72. The molecule has 0 radical (unpaired) electrons. The van der Waals surface area contributed by atoms with Crippen LogP contribution in [0, 0.1) is 6.92 Å². The molecule has 0 saturated carbocycles. The molecule has 6 nitrogen and oxygen atoms in total. The summed E-state index contributed by atoms with van der Waals surface area (Å²) in [5.41, 5.74) is 2.46. The van der Waals surface area contributed by atoms with Crippen LogP contribution in [0.2, 0.25) is 0 Å². The Kier molecular flexibility index (Phi) is 8.82. The minimum Gasteiger partial charge on any atom is -0.370 e. The van der Waals surface area contributed by atoms with Crippen molar-refractivity contribution in [2.45, 2.75) is 32.3 Å². The van der Waals surface area contributed by atoms with E-state index in [-0.39, 0.29) is 36.0 Å². The number of nitrogens with zero attached hydrogens (tertiary/aromatic N) is 3. The summed E-state index contributed by atoms with van der Waals surface area (Å²) >= 11 is 0. The van der Waals surface area contributed by atoms with E-state index < -0.39 is 0 Å². The molecule has 7 heteroatoms. The van der Waals surface area contributed by atoms with Gasteiger partial charge in [-0.15, -0.1) is 24.0 Å². The van der Waals surface area contributed by atoms with Gasteiger partial charge in [-0.05, 0) is 37.3 Å². The third kappa shape index (κ3) is 5.81. The van der Waals surface area contributed by atoms with Crippen molar-refractivity contribution in [1.82, 2.24) is 15.1 Å². The normalized spacial score (nSPS) is 20.8.